The summed E-state index contributed by atoms with van der Waals surface area (Å²) in [6.07, 6.45) is 5.14. The third-order valence-electron chi connectivity index (χ3n) is 3.95. The molecule has 0 aromatic heterocycles. The molecule has 0 atom stereocenters. The Morgan fingerprint density at radius 1 is 1.24 bits per heavy atom. The zero-order valence-electron chi connectivity index (χ0n) is 13.0. The fourth-order valence-corrected chi connectivity index (χ4v) is 3.12. The summed E-state index contributed by atoms with van der Waals surface area (Å²) < 4.78 is 0. The van der Waals surface area contributed by atoms with Crippen LogP contribution in [0.2, 0.25) is 0 Å². The van der Waals surface area contributed by atoms with E-state index in [-0.39, 0.29) is 24.0 Å². The van der Waals surface area contributed by atoms with E-state index in [1.54, 1.807) is 0 Å². The SMILES string of the molecule is CN(C)CC1(CN=C(N)Nc2ccccc2)CCCC1.I. The normalized spacial score (nSPS) is 17.6. The van der Waals surface area contributed by atoms with Gasteiger partial charge in [-0.15, -0.1) is 24.0 Å². The van der Waals surface area contributed by atoms with Crippen LogP contribution in [0.15, 0.2) is 35.3 Å². The third kappa shape index (κ3) is 5.82. The lowest BCUT2D eigenvalue weighted by molar-refractivity contribution is 0.210. The number of hydrogen-bond acceptors (Lipinski definition) is 2. The summed E-state index contributed by atoms with van der Waals surface area (Å²) in [6, 6.07) is 9.95. The molecule has 3 N–H and O–H groups in total. The van der Waals surface area contributed by atoms with Crippen molar-refractivity contribution in [3.05, 3.63) is 30.3 Å². The Morgan fingerprint density at radius 2 is 1.86 bits per heavy atom. The van der Waals surface area contributed by atoms with Gasteiger partial charge in [0.05, 0.1) is 0 Å². The molecule has 118 valence electrons. The molecule has 0 bridgehead atoms. The maximum atomic E-state index is 6.00. The molecule has 1 fully saturated rings. The van der Waals surface area contributed by atoms with Gasteiger partial charge in [-0.25, -0.2) is 0 Å². The predicted molar refractivity (Wildman–Crippen MR) is 101 cm³/mol. The van der Waals surface area contributed by atoms with Gasteiger partial charge in [0.15, 0.2) is 5.96 Å². The van der Waals surface area contributed by atoms with E-state index in [1.165, 1.54) is 25.7 Å². The van der Waals surface area contributed by atoms with Crippen molar-refractivity contribution >= 4 is 35.6 Å². The number of nitrogens with one attached hydrogen (secondary N) is 1. The van der Waals surface area contributed by atoms with Crippen LogP contribution in [0.4, 0.5) is 5.69 Å². The van der Waals surface area contributed by atoms with E-state index in [9.17, 15) is 0 Å². The Balaban J connectivity index is 0.00000220. The van der Waals surface area contributed by atoms with Crippen LogP contribution in [0.3, 0.4) is 0 Å². The quantitative estimate of drug-likeness (QED) is 0.452. The molecule has 1 aliphatic carbocycles. The minimum atomic E-state index is 0. The van der Waals surface area contributed by atoms with Gasteiger partial charge >= 0.3 is 0 Å². The van der Waals surface area contributed by atoms with E-state index in [1.807, 2.05) is 30.3 Å². The number of benzene rings is 1. The molecule has 5 heteroatoms. The summed E-state index contributed by atoms with van der Waals surface area (Å²) in [5.41, 5.74) is 7.30. The molecule has 1 aliphatic rings. The van der Waals surface area contributed by atoms with Crippen molar-refractivity contribution in [2.75, 3.05) is 32.5 Å². The maximum absolute atomic E-state index is 6.00. The van der Waals surface area contributed by atoms with Crippen LogP contribution in [0.1, 0.15) is 25.7 Å². The smallest absolute Gasteiger partial charge is 0.193 e. The number of para-hydroxylation sites is 1. The molecule has 0 aliphatic heterocycles. The van der Waals surface area contributed by atoms with E-state index in [4.69, 9.17) is 5.73 Å². The highest BCUT2D eigenvalue weighted by atomic mass is 127. The van der Waals surface area contributed by atoms with E-state index in [0.717, 1.165) is 18.8 Å². The Hall–Kier alpha value is -0.820. The van der Waals surface area contributed by atoms with Crippen LogP contribution in [-0.4, -0.2) is 38.0 Å². The van der Waals surface area contributed by atoms with Gasteiger partial charge in [0.2, 0.25) is 0 Å². The standard InChI is InChI=1S/C16H26N4.HI/c1-20(2)13-16(10-6-7-11-16)12-18-15(17)19-14-8-4-3-5-9-14;/h3-5,8-9H,6-7,10-13H2,1-2H3,(H3,17,18,19);1H. The van der Waals surface area contributed by atoms with Crippen molar-refractivity contribution in [1.82, 2.24) is 4.90 Å². The second-order valence-corrected chi connectivity index (χ2v) is 6.14. The van der Waals surface area contributed by atoms with Gasteiger partial charge < -0.3 is 16.0 Å². The molecule has 0 heterocycles. The summed E-state index contributed by atoms with van der Waals surface area (Å²) in [5.74, 6) is 0.515. The fraction of sp³-hybridized carbons (Fsp3) is 0.562. The average molecular weight is 402 g/mol. The molecular formula is C16H27IN4. The molecular weight excluding hydrogens is 375 g/mol. The highest BCUT2D eigenvalue weighted by molar-refractivity contribution is 14.0. The number of guanidine groups is 1. The molecule has 0 spiro atoms. The Bertz CT molecular complexity index is 439. The molecule has 0 radical (unpaired) electrons. The third-order valence-corrected chi connectivity index (χ3v) is 3.95. The second kappa shape index (κ2) is 8.58. The largest absolute Gasteiger partial charge is 0.370 e. The predicted octanol–water partition coefficient (Wildman–Crippen LogP) is 3.15. The zero-order valence-corrected chi connectivity index (χ0v) is 15.3. The first kappa shape index (κ1) is 18.2. The maximum Gasteiger partial charge on any atom is 0.193 e. The van der Waals surface area contributed by atoms with Gasteiger partial charge in [-0.1, -0.05) is 31.0 Å². The van der Waals surface area contributed by atoms with E-state index < -0.39 is 0 Å². The minimum absolute atomic E-state index is 0. The van der Waals surface area contributed by atoms with Crippen LogP contribution >= 0.6 is 24.0 Å². The van der Waals surface area contributed by atoms with Gasteiger partial charge in [0.25, 0.3) is 0 Å². The first-order valence-electron chi connectivity index (χ1n) is 7.36. The number of nitrogens with two attached hydrogens (primary N) is 1. The molecule has 1 aromatic rings. The molecule has 1 saturated carbocycles. The number of halogens is 1. The number of hydrogen-bond donors (Lipinski definition) is 2. The molecule has 0 unspecified atom stereocenters. The van der Waals surface area contributed by atoms with Crippen LogP contribution < -0.4 is 11.1 Å². The molecule has 4 nitrogen and oxygen atoms in total. The van der Waals surface area contributed by atoms with Gasteiger partial charge in [0, 0.05) is 24.2 Å². The fourth-order valence-electron chi connectivity index (χ4n) is 3.12. The molecule has 21 heavy (non-hydrogen) atoms. The lowest BCUT2D eigenvalue weighted by Gasteiger charge is -2.30. The Morgan fingerprint density at radius 3 is 2.43 bits per heavy atom. The van der Waals surface area contributed by atoms with Gasteiger partial charge in [-0.2, -0.15) is 0 Å². The monoisotopic (exact) mass is 402 g/mol. The highest BCUT2D eigenvalue weighted by Crippen LogP contribution is 2.38. The van der Waals surface area contributed by atoms with Crippen LogP contribution in [0.5, 0.6) is 0 Å². The van der Waals surface area contributed by atoms with Crippen LogP contribution in [0.25, 0.3) is 0 Å². The topological polar surface area (TPSA) is 53.6 Å². The van der Waals surface area contributed by atoms with E-state index >= 15 is 0 Å². The van der Waals surface area contributed by atoms with E-state index in [0.29, 0.717) is 11.4 Å². The van der Waals surface area contributed by atoms with Crippen LogP contribution in [-0.2, 0) is 0 Å². The first-order chi connectivity index (χ1) is 9.60. The molecule has 2 rings (SSSR count). The van der Waals surface area contributed by atoms with E-state index in [2.05, 4.69) is 29.3 Å². The van der Waals surface area contributed by atoms with Crippen LogP contribution in [0, 0.1) is 5.41 Å². The van der Waals surface area contributed by atoms with Gasteiger partial charge in [0.1, 0.15) is 0 Å². The lowest BCUT2D eigenvalue weighted by Crippen LogP contribution is -2.35. The summed E-state index contributed by atoms with van der Waals surface area (Å²) in [4.78, 5) is 6.85. The summed E-state index contributed by atoms with van der Waals surface area (Å²) in [7, 11) is 4.27. The molecule has 1 aromatic carbocycles. The number of rotatable bonds is 5. The minimum Gasteiger partial charge on any atom is -0.370 e. The second-order valence-electron chi connectivity index (χ2n) is 6.14. The molecule has 0 amide bonds. The van der Waals surface area contributed by atoms with Crippen molar-refractivity contribution in [1.29, 1.82) is 0 Å². The number of anilines is 1. The molecule has 0 saturated heterocycles. The summed E-state index contributed by atoms with van der Waals surface area (Å²) >= 11 is 0. The average Bonchev–Trinajstić information content (AvgIpc) is 2.86. The van der Waals surface area contributed by atoms with Crippen molar-refractivity contribution < 1.29 is 0 Å². The Labute approximate surface area is 145 Å². The number of nitrogens with zero attached hydrogens (tertiary/aromatic N) is 2. The van der Waals surface area contributed by atoms with Crippen molar-refractivity contribution in [2.24, 2.45) is 16.1 Å². The highest BCUT2D eigenvalue weighted by Gasteiger charge is 2.34. The first-order valence-corrected chi connectivity index (χ1v) is 7.36. The van der Waals surface area contributed by atoms with Gasteiger partial charge in [-0.3, -0.25) is 4.99 Å². The number of aliphatic imine (C=N–C) groups is 1. The lowest BCUT2D eigenvalue weighted by atomic mass is 9.86. The summed E-state index contributed by atoms with van der Waals surface area (Å²) in [5, 5.41) is 3.15. The summed E-state index contributed by atoms with van der Waals surface area (Å²) in [6.45, 7) is 1.91. The Kier molecular flexibility index (Phi) is 7.45. The van der Waals surface area contributed by atoms with Crippen molar-refractivity contribution in [2.45, 2.75) is 25.7 Å². The zero-order chi connectivity index (χ0) is 14.4. The van der Waals surface area contributed by atoms with Gasteiger partial charge in [-0.05, 0) is 39.1 Å². The van der Waals surface area contributed by atoms with Crippen molar-refractivity contribution in [3.8, 4) is 0 Å². The van der Waals surface area contributed by atoms with Crippen molar-refractivity contribution in [3.63, 3.8) is 0 Å².